The fourth-order valence-corrected chi connectivity index (χ4v) is 4.55. The van der Waals surface area contributed by atoms with Gasteiger partial charge in [-0.15, -0.1) is 0 Å². The van der Waals surface area contributed by atoms with Crippen LogP contribution in [0, 0.1) is 6.92 Å². The van der Waals surface area contributed by atoms with Gasteiger partial charge in [-0.05, 0) is 30.2 Å². The number of aliphatic hydroxyl groups excluding tert-OH is 1. The van der Waals surface area contributed by atoms with Crippen molar-refractivity contribution in [2.75, 3.05) is 11.4 Å². The lowest BCUT2D eigenvalue weighted by Crippen LogP contribution is -2.37. The SMILES string of the molecule is Cc1cccn2nc(C3c4nc[nH]c4CCN3c3ncc(C(O)c4ccccc4)cn3)cc12. The lowest BCUT2D eigenvalue weighted by Gasteiger charge is -2.34. The van der Waals surface area contributed by atoms with Crippen molar-refractivity contribution in [2.24, 2.45) is 0 Å². The summed E-state index contributed by atoms with van der Waals surface area (Å²) in [6.07, 6.45) is 7.14. The van der Waals surface area contributed by atoms with E-state index >= 15 is 0 Å². The van der Waals surface area contributed by atoms with Crippen LogP contribution in [0.4, 0.5) is 5.95 Å². The van der Waals surface area contributed by atoms with Gasteiger partial charge in [-0.2, -0.15) is 5.10 Å². The number of pyridine rings is 1. The van der Waals surface area contributed by atoms with E-state index in [1.165, 1.54) is 0 Å². The van der Waals surface area contributed by atoms with E-state index in [2.05, 4.69) is 43.9 Å². The van der Waals surface area contributed by atoms with E-state index in [0.717, 1.165) is 46.7 Å². The van der Waals surface area contributed by atoms with E-state index in [-0.39, 0.29) is 6.04 Å². The molecule has 0 radical (unpaired) electrons. The average Bonchev–Trinajstić information content (AvgIpc) is 3.51. The second-order valence-corrected chi connectivity index (χ2v) is 8.33. The second-order valence-electron chi connectivity index (χ2n) is 8.33. The molecule has 0 bridgehead atoms. The number of hydrogen-bond acceptors (Lipinski definition) is 6. The van der Waals surface area contributed by atoms with E-state index in [9.17, 15) is 5.11 Å². The van der Waals surface area contributed by atoms with Crippen LogP contribution in [0.3, 0.4) is 0 Å². The molecular weight excluding hydrogens is 414 g/mol. The molecule has 0 saturated carbocycles. The molecule has 6 rings (SSSR count). The van der Waals surface area contributed by atoms with Crippen LogP contribution in [0.25, 0.3) is 5.52 Å². The van der Waals surface area contributed by atoms with Gasteiger partial charge in [0.2, 0.25) is 5.95 Å². The van der Waals surface area contributed by atoms with Gasteiger partial charge in [0.05, 0.1) is 23.2 Å². The van der Waals surface area contributed by atoms with Gasteiger partial charge < -0.3 is 15.0 Å². The lowest BCUT2D eigenvalue weighted by molar-refractivity contribution is 0.219. The summed E-state index contributed by atoms with van der Waals surface area (Å²) in [6, 6.07) is 15.5. The quantitative estimate of drug-likeness (QED) is 0.448. The van der Waals surface area contributed by atoms with Crippen LogP contribution in [-0.4, -0.2) is 41.2 Å². The van der Waals surface area contributed by atoms with Crippen LogP contribution in [0.2, 0.25) is 0 Å². The summed E-state index contributed by atoms with van der Waals surface area (Å²) in [5, 5.41) is 15.6. The Morgan fingerprint density at radius 3 is 2.64 bits per heavy atom. The van der Waals surface area contributed by atoms with Gasteiger partial charge in [0.15, 0.2) is 0 Å². The first kappa shape index (κ1) is 19.6. The first-order chi connectivity index (χ1) is 16.2. The van der Waals surface area contributed by atoms with E-state index in [4.69, 9.17) is 5.10 Å². The number of aromatic nitrogens is 6. The highest BCUT2D eigenvalue weighted by Gasteiger charge is 2.34. The summed E-state index contributed by atoms with van der Waals surface area (Å²) in [5.74, 6) is 0.589. The summed E-state index contributed by atoms with van der Waals surface area (Å²) < 4.78 is 1.91. The number of anilines is 1. The molecule has 0 spiro atoms. The Kier molecular flexibility index (Phi) is 4.66. The molecule has 1 aliphatic heterocycles. The van der Waals surface area contributed by atoms with Gasteiger partial charge in [0.1, 0.15) is 12.1 Å². The van der Waals surface area contributed by atoms with Crippen LogP contribution >= 0.6 is 0 Å². The highest BCUT2D eigenvalue weighted by molar-refractivity contribution is 5.57. The minimum Gasteiger partial charge on any atom is -0.384 e. The van der Waals surface area contributed by atoms with Crippen molar-refractivity contribution in [1.29, 1.82) is 0 Å². The smallest absolute Gasteiger partial charge is 0.226 e. The minimum atomic E-state index is -0.767. The van der Waals surface area contributed by atoms with Crippen LogP contribution in [0.15, 0.2) is 73.4 Å². The number of fused-ring (bicyclic) bond motifs is 2. The number of aryl methyl sites for hydroxylation is 1. The van der Waals surface area contributed by atoms with Gasteiger partial charge in [-0.25, -0.2) is 19.5 Å². The fraction of sp³-hybridized carbons (Fsp3) is 0.200. The maximum absolute atomic E-state index is 10.7. The number of aromatic amines is 1. The maximum atomic E-state index is 10.7. The molecule has 4 aromatic heterocycles. The molecule has 2 unspecified atom stereocenters. The lowest BCUT2D eigenvalue weighted by atomic mass is 10.00. The zero-order valence-corrected chi connectivity index (χ0v) is 18.1. The molecule has 0 amide bonds. The largest absolute Gasteiger partial charge is 0.384 e. The molecule has 0 saturated heterocycles. The Balaban J connectivity index is 1.38. The zero-order chi connectivity index (χ0) is 22.4. The Labute approximate surface area is 190 Å². The maximum Gasteiger partial charge on any atom is 0.226 e. The van der Waals surface area contributed by atoms with E-state index in [1.807, 2.05) is 47.1 Å². The normalized spacial score (nSPS) is 16.7. The Morgan fingerprint density at radius 2 is 1.85 bits per heavy atom. The summed E-state index contributed by atoms with van der Waals surface area (Å²) in [6.45, 7) is 2.81. The molecule has 1 aromatic carbocycles. The molecule has 5 aromatic rings. The molecule has 5 heterocycles. The Bertz CT molecular complexity index is 1410. The van der Waals surface area contributed by atoms with Gasteiger partial charge in [0, 0.05) is 42.8 Å². The number of hydrogen-bond donors (Lipinski definition) is 2. The molecule has 8 nitrogen and oxygen atoms in total. The van der Waals surface area contributed by atoms with Crippen molar-refractivity contribution >= 4 is 11.5 Å². The molecule has 2 N–H and O–H groups in total. The van der Waals surface area contributed by atoms with E-state index in [1.54, 1.807) is 18.7 Å². The molecule has 33 heavy (non-hydrogen) atoms. The monoisotopic (exact) mass is 437 g/mol. The molecule has 0 aliphatic carbocycles. The Hall–Kier alpha value is -4.04. The summed E-state index contributed by atoms with van der Waals surface area (Å²) in [7, 11) is 0. The van der Waals surface area contributed by atoms with Crippen molar-refractivity contribution in [3.8, 4) is 0 Å². The highest BCUT2D eigenvalue weighted by Crippen LogP contribution is 2.35. The van der Waals surface area contributed by atoms with Crippen molar-refractivity contribution in [3.63, 3.8) is 0 Å². The molecule has 0 fully saturated rings. The standard InChI is InChI=1S/C25H23N7O/c1-16-6-5-10-32-21(16)12-20(30-32)23-22-19(28-15-29-22)9-11-31(23)25-26-13-18(14-27-25)24(33)17-7-3-2-4-8-17/h2-8,10,12-15,23-24,33H,9,11H2,1H3,(H,28,29). The van der Waals surface area contributed by atoms with E-state index in [0.29, 0.717) is 11.5 Å². The third kappa shape index (κ3) is 3.35. The van der Waals surface area contributed by atoms with Gasteiger partial charge in [-0.3, -0.25) is 0 Å². The number of aliphatic hydroxyl groups is 1. The summed E-state index contributed by atoms with van der Waals surface area (Å²) >= 11 is 0. The third-order valence-corrected chi connectivity index (χ3v) is 6.28. The van der Waals surface area contributed by atoms with Crippen LogP contribution < -0.4 is 4.90 Å². The molecule has 1 aliphatic rings. The summed E-state index contributed by atoms with van der Waals surface area (Å²) in [4.78, 5) is 19.3. The number of benzene rings is 1. The first-order valence-corrected chi connectivity index (χ1v) is 11.0. The second kappa shape index (κ2) is 7.83. The minimum absolute atomic E-state index is 0.204. The van der Waals surface area contributed by atoms with Crippen LogP contribution in [0.1, 0.15) is 45.9 Å². The number of H-pyrrole nitrogens is 1. The average molecular weight is 438 g/mol. The number of imidazole rings is 1. The van der Waals surface area contributed by atoms with Gasteiger partial charge in [-0.1, -0.05) is 36.4 Å². The Morgan fingerprint density at radius 1 is 1.03 bits per heavy atom. The summed E-state index contributed by atoms with van der Waals surface area (Å²) in [5.41, 5.74) is 6.65. The van der Waals surface area contributed by atoms with Crippen molar-refractivity contribution in [3.05, 3.63) is 107 Å². The fourth-order valence-electron chi connectivity index (χ4n) is 4.55. The predicted octanol–water partition coefficient (Wildman–Crippen LogP) is 3.39. The number of nitrogens with zero attached hydrogens (tertiary/aromatic N) is 6. The van der Waals surface area contributed by atoms with Crippen molar-refractivity contribution in [2.45, 2.75) is 25.5 Å². The number of nitrogens with one attached hydrogen (secondary N) is 1. The molecule has 8 heteroatoms. The molecule has 164 valence electrons. The highest BCUT2D eigenvalue weighted by atomic mass is 16.3. The number of rotatable bonds is 4. The predicted molar refractivity (Wildman–Crippen MR) is 124 cm³/mol. The third-order valence-electron chi connectivity index (χ3n) is 6.28. The van der Waals surface area contributed by atoms with Crippen LogP contribution in [0.5, 0.6) is 0 Å². The van der Waals surface area contributed by atoms with Crippen molar-refractivity contribution < 1.29 is 5.11 Å². The van der Waals surface area contributed by atoms with Gasteiger partial charge in [0.25, 0.3) is 0 Å². The van der Waals surface area contributed by atoms with Gasteiger partial charge >= 0.3 is 0 Å². The molecular formula is C25H23N7O. The zero-order valence-electron chi connectivity index (χ0n) is 18.1. The van der Waals surface area contributed by atoms with E-state index < -0.39 is 6.10 Å². The first-order valence-electron chi connectivity index (χ1n) is 11.0. The van der Waals surface area contributed by atoms with Crippen molar-refractivity contribution in [1.82, 2.24) is 29.5 Å². The molecule has 2 atom stereocenters. The topological polar surface area (TPSA) is 95.2 Å². The van der Waals surface area contributed by atoms with Crippen LogP contribution in [-0.2, 0) is 6.42 Å².